The summed E-state index contributed by atoms with van der Waals surface area (Å²) in [5.41, 5.74) is -0.336. The van der Waals surface area contributed by atoms with E-state index in [9.17, 15) is 9.59 Å². The summed E-state index contributed by atoms with van der Waals surface area (Å²) >= 11 is 1.42. The second-order valence-electron chi connectivity index (χ2n) is 7.34. The van der Waals surface area contributed by atoms with Gasteiger partial charge in [0.05, 0.1) is 0 Å². The molecule has 1 aliphatic rings. The first-order chi connectivity index (χ1) is 11.2. The van der Waals surface area contributed by atoms with Crippen molar-refractivity contribution < 1.29 is 9.59 Å². The van der Waals surface area contributed by atoms with E-state index in [-0.39, 0.29) is 11.4 Å². The van der Waals surface area contributed by atoms with Crippen molar-refractivity contribution in [2.45, 2.75) is 77.3 Å². The van der Waals surface area contributed by atoms with Gasteiger partial charge in [-0.25, -0.2) is 4.79 Å². The lowest BCUT2D eigenvalue weighted by atomic mass is 9.90. The molecule has 3 amide bonds. The summed E-state index contributed by atoms with van der Waals surface area (Å²) in [4.78, 5) is 24.0. The number of nitrogens with zero attached hydrogens (tertiary/aromatic N) is 2. The highest BCUT2D eigenvalue weighted by Crippen LogP contribution is 2.35. The summed E-state index contributed by atoms with van der Waals surface area (Å²) in [6.07, 6.45) is 6.04. The summed E-state index contributed by atoms with van der Waals surface area (Å²) in [6.45, 7) is 7.33. The molecule has 1 aromatic rings. The molecule has 1 saturated carbocycles. The first-order valence-electron chi connectivity index (χ1n) is 8.47. The van der Waals surface area contributed by atoms with E-state index in [1.807, 2.05) is 20.8 Å². The highest BCUT2D eigenvalue weighted by atomic mass is 32.1. The molecule has 0 aromatic carbocycles. The molecule has 1 fully saturated rings. The van der Waals surface area contributed by atoms with Gasteiger partial charge < -0.3 is 10.6 Å². The van der Waals surface area contributed by atoms with Gasteiger partial charge in [0.2, 0.25) is 11.0 Å². The summed E-state index contributed by atoms with van der Waals surface area (Å²) in [5, 5.41) is 17.8. The molecule has 3 N–H and O–H groups in total. The minimum atomic E-state index is -0.630. The molecule has 0 bridgehead atoms. The first kappa shape index (κ1) is 18.6. The number of aromatic nitrogens is 2. The number of nitrogens with one attached hydrogen (secondary N) is 3. The molecule has 7 nitrogen and oxygen atoms in total. The highest BCUT2D eigenvalue weighted by Gasteiger charge is 2.22. The van der Waals surface area contributed by atoms with Gasteiger partial charge in [0, 0.05) is 11.5 Å². The average molecular weight is 353 g/mol. The van der Waals surface area contributed by atoms with Crippen LogP contribution in [0.2, 0.25) is 0 Å². The summed E-state index contributed by atoms with van der Waals surface area (Å²) in [5.74, 6) is 0.240. The van der Waals surface area contributed by atoms with Crippen molar-refractivity contribution in [3.05, 3.63) is 5.01 Å². The average Bonchev–Trinajstić information content (AvgIpc) is 2.94. The Morgan fingerprint density at radius 2 is 1.83 bits per heavy atom. The minimum Gasteiger partial charge on any atom is -0.350 e. The maximum Gasteiger partial charge on any atom is 0.321 e. The molecule has 2 rings (SSSR count). The van der Waals surface area contributed by atoms with Crippen LogP contribution < -0.4 is 16.0 Å². The van der Waals surface area contributed by atoms with Crippen molar-refractivity contribution in [3.63, 3.8) is 0 Å². The van der Waals surface area contributed by atoms with Crippen LogP contribution in [-0.4, -0.2) is 33.7 Å². The summed E-state index contributed by atoms with van der Waals surface area (Å²) < 4.78 is 0. The Morgan fingerprint density at radius 1 is 1.17 bits per heavy atom. The Morgan fingerprint density at radius 3 is 2.46 bits per heavy atom. The lowest BCUT2D eigenvalue weighted by Gasteiger charge is -2.23. The molecule has 0 saturated heterocycles. The van der Waals surface area contributed by atoms with Gasteiger partial charge in [0.15, 0.2) is 0 Å². The third-order valence-corrected chi connectivity index (χ3v) is 4.86. The number of carbonyl (C=O) groups excluding carboxylic acids is 2. The smallest absolute Gasteiger partial charge is 0.321 e. The minimum absolute atomic E-state index is 0.224. The van der Waals surface area contributed by atoms with Crippen LogP contribution in [0.3, 0.4) is 0 Å². The lowest BCUT2D eigenvalue weighted by Crippen LogP contribution is -2.51. The van der Waals surface area contributed by atoms with Crippen LogP contribution in [0.1, 0.15) is 70.7 Å². The van der Waals surface area contributed by atoms with Crippen LogP contribution in [-0.2, 0) is 4.79 Å². The molecule has 1 atom stereocenters. The Labute approximate surface area is 147 Å². The van der Waals surface area contributed by atoms with Gasteiger partial charge in [-0.15, -0.1) is 10.2 Å². The monoisotopic (exact) mass is 353 g/mol. The van der Waals surface area contributed by atoms with Crippen LogP contribution >= 0.6 is 11.3 Å². The SMILES string of the molecule is C[C@@H](NC(=O)Nc1nnc(C2CCCCC2)s1)C(=O)NC(C)(C)C. The second-order valence-corrected chi connectivity index (χ2v) is 8.35. The van der Waals surface area contributed by atoms with Gasteiger partial charge >= 0.3 is 6.03 Å². The number of rotatable bonds is 4. The highest BCUT2D eigenvalue weighted by molar-refractivity contribution is 7.15. The normalized spacial score (nSPS) is 17.2. The van der Waals surface area contributed by atoms with Crippen LogP contribution in [0.25, 0.3) is 0 Å². The number of amides is 3. The third kappa shape index (κ3) is 5.74. The Balaban J connectivity index is 1.84. The molecule has 1 aliphatic carbocycles. The molecule has 1 heterocycles. The largest absolute Gasteiger partial charge is 0.350 e. The molecule has 0 unspecified atom stereocenters. The molecular weight excluding hydrogens is 326 g/mol. The standard InChI is InChI=1S/C16H27N5O2S/c1-10(12(22)19-16(2,3)4)17-14(23)18-15-21-20-13(24-15)11-8-6-5-7-9-11/h10-11H,5-9H2,1-4H3,(H,19,22)(H2,17,18,21,23)/t10-/m1/s1. The van der Waals surface area contributed by atoms with Gasteiger partial charge in [-0.05, 0) is 40.5 Å². The van der Waals surface area contributed by atoms with Crippen molar-refractivity contribution in [1.82, 2.24) is 20.8 Å². The van der Waals surface area contributed by atoms with Crippen molar-refractivity contribution in [1.29, 1.82) is 0 Å². The molecule has 0 spiro atoms. The van der Waals surface area contributed by atoms with E-state index >= 15 is 0 Å². The van der Waals surface area contributed by atoms with Crippen LogP contribution in [0, 0.1) is 0 Å². The first-order valence-corrected chi connectivity index (χ1v) is 9.29. The fourth-order valence-electron chi connectivity index (χ4n) is 2.67. The topological polar surface area (TPSA) is 96.0 Å². The fourth-order valence-corrected chi connectivity index (χ4v) is 3.58. The quantitative estimate of drug-likeness (QED) is 0.775. The molecule has 24 heavy (non-hydrogen) atoms. The van der Waals surface area contributed by atoms with Gasteiger partial charge in [0.1, 0.15) is 11.0 Å². The number of hydrogen-bond acceptors (Lipinski definition) is 5. The molecular formula is C16H27N5O2S. The molecule has 0 radical (unpaired) electrons. The van der Waals surface area contributed by atoms with Crippen molar-refractivity contribution in [3.8, 4) is 0 Å². The van der Waals surface area contributed by atoms with Crippen molar-refractivity contribution >= 4 is 28.4 Å². The number of hydrogen-bond donors (Lipinski definition) is 3. The summed E-state index contributed by atoms with van der Waals surface area (Å²) in [6, 6.07) is -1.08. The summed E-state index contributed by atoms with van der Waals surface area (Å²) in [7, 11) is 0. The van der Waals surface area contributed by atoms with Crippen LogP contribution in [0.15, 0.2) is 0 Å². The predicted octanol–water partition coefficient (Wildman–Crippen LogP) is 3.01. The van der Waals surface area contributed by atoms with E-state index in [1.54, 1.807) is 6.92 Å². The zero-order chi connectivity index (χ0) is 17.7. The number of anilines is 1. The number of carbonyl (C=O) groups is 2. The van der Waals surface area contributed by atoms with Gasteiger partial charge in [-0.1, -0.05) is 30.6 Å². The molecule has 134 valence electrons. The third-order valence-electron chi connectivity index (χ3n) is 3.85. The van der Waals surface area contributed by atoms with Gasteiger partial charge in [0.25, 0.3) is 0 Å². The molecule has 8 heteroatoms. The molecule has 0 aliphatic heterocycles. The van der Waals surface area contributed by atoms with Gasteiger partial charge in [-0.2, -0.15) is 0 Å². The Hall–Kier alpha value is -1.70. The zero-order valence-electron chi connectivity index (χ0n) is 14.8. The van der Waals surface area contributed by atoms with E-state index in [0.29, 0.717) is 11.0 Å². The molecule has 1 aromatic heterocycles. The van der Waals surface area contributed by atoms with E-state index < -0.39 is 12.1 Å². The maximum atomic E-state index is 12.0. The Bertz CT molecular complexity index is 575. The fraction of sp³-hybridized carbons (Fsp3) is 0.750. The van der Waals surface area contributed by atoms with Crippen molar-refractivity contribution in [2.24, 2.45) is 0 Å². The lowest BCUT2D eigenvalue weighted by molar-refractivity contribution is -0.123. The Kier molecular flexibility index (Phi) is 6.15. The van der Waals surface area contributed by atoms with Crippen LogP contribution in [0.4, 0.5) is 9.93 Å². The number of urea groups is 1. The van der Waals surface area contributed by atoms with E-state index in [2.05, 4.69) is 26.1 Å². The van der Waals surface area contributed by atoms with E-state index in [1.165, 1.54) is 30.6 Å². The van der Waals surface area contributed by atoms with Crippen LogP contribution in [0.5, 0.6) is 0 Å². The zero-order valence-corrected chi connectivity index (χ0v) is 15.6. The van der Waals surface area contributed by atoms with E-state index in [4.69, 9.17) is 0 Å². The van der Waals surface area contributed by atoms with E-state index in [0.717, 1.165) is 17.8 Å². The van der Waals surface area contributed by atoms with Gasteiger partial charge in [-0.3, -0.25) is 10.1 Å². The van der Waals surface area contributed by atoms with Crippen molar-refractivity contribution in [2.75, 3.05) is 5.32 Å². The second kappa shape index (κ2) is 7.92. The predicted molar refractivity (Wildman–Crippen MR) is 95.2 cm³/mol. The maximum absolute atomic E-state index is 12.0.